The minimum absolute atomic E-state index is 0.0691. The Kier molecular flexibility index (Phi) is 2.78. The van der Waals surface area contributed by atoms with Crippen LogP contribution in [0.15, 0.2) is 18.2 Å². The van der Waals surface area contributed by atoms with Gasteiger partial charge in [0.1, 0.15) is 11.6 Å². The number of carbonyl (C=O) groups is 1. The maximum atomic E-state index is 11.8. The number of aromatic amines is 1. The zero-order valence-corrected chi connectivity index (χ0v) is 9.48. The van der Waals surface area contributed by atoms with Gasteiger partial charge in [-0.3, -0.25) is 15.2 Å². The van der Waals surface area contributed by atoms with Crippen LogP contribution in [0, 0.1) is 13.8 Å². The first-order chi connectivity index (χ1) is 8.06. The van der Waals surface area contributed by atoms with Crippen LogP contribution in [-0.2, 0) is 0 Å². The van der Waals surface area contributed by atoms with E-state index in [4.69, 9.17) is 0 Å². The van der Waals surface area contributed by atoms with Gasteiger partial charge in [-0.2, -0.15) is 4.98 Å². The van der Waals surface area contributed by atoms with E-state index in [0.717, 1.165) is 5.56 Å². The lowest BCUT2D eigenvalue weighted by molar-refractivity contribution is 0.102. The molecule has 0 saturated carbocycles. The van der Waals surface area contributed by atoms with Gasteiger partial charge >= 0.3 is 0 Å². The van der Waals surface area contributed by atoms with E-state index in [2.05, 4.69) is 20.5 Å². The minimum Gasteiger partial charge on any atom is -0.507 e. The van der Waals surface area contributed by atoms with Crippen molar-refractivity contribution in [1.82, 2.24) is 15.2 Å². The molecule has 0 radical (unpaired) electrons. The number of aromatic hydroxyl groups is 1. The van der Waals surface area contributed by atoms with E-state index < -0.39 is 5.91 Å². The number of rotatable bonds is 2. The second kappa shape index (κ2) is 4.25. The number of nitrogens with zero attached hydrogens (tertiary/aromatic N) is 2. The molecule has 0 aliphatic carbocycles. The van der Waals surface area contributed by atoms with Crippen LogP contribution in [0.4, 0.5) is 5.95 Å². The number of hydrogen-bond acceptors (Lipinski definition) is 4. The molecule has 1 amide bonds. The lowest BCUT2D eigenvalue weighted by atomic mass is 10.1. The first-order valence-electron chi connectivity index (χ1n) is 5.06. The maximum absolute atomic E-state index is 11.8. The Bertz CT molecular complexity index is 562. The molecule has 1 aromatic heterocycles. The summed E-state index contributed by atoms with van der Waals surface area (Å²) in [5.74, 6) is 0.285. The SMILES string of the molecule is Cc1ccc(O)c(C(=O)Nc2n[nH]c(C)n2)c1. The van der Waals surface area contributed by atoms with Gasteiger partial charge < -0.3 is 5.11 Å². The molecular weight excluding hydrogens is 220 g/mol. The van der Waals surface area contributed by atoms with Gasteiger partial charge in [0.05, 0.1) is 5.56 Å². The van der Waals surface area contributed by atoms with Gasteiger partial charge in [0.15, 0.2) is 0 Å². The molecule has 88 valence electrons. The Hall–Kier alpha value is -2.37. The van der Waals surface area contributed by atoms with Crippen LogP contribution in [0.1, 0.15) is 21.7 Å². The van der Waals surface area contributed by atoms with Crippen LogP contribution in [0.3, 0.4) is 0 Å². The third kappa shape index (κ3) is 2.41. The maximum Gasteiger partial charge on any atom is 0.261 e. The highest BCUT2D eigenvalue weighted by atomic mass is 16.3. The highest BCUT2D eigenvalue weighted by Gasteiger charge is 2.13. The summed E-state index contributed by atoms with van der Waals surface area (Å²) >= 11 is 0. The van der Waals surface area contributed by atoms with Gasteiger partial charge in [0.2, 0.25) is 5.95 Å². The molecule has 1 aromatic carbocycles. The first-order valence-corrected chi connectivity index (χ1v) is 5.06. The van der Waals surface area contributed by atoms with Crippen molar-refractivity contribution >= 4 is 11.9 Å². The number of amides is 1. The van der Waals surface area contributed by atoms with Crippen molar-refractivity contribution in [3.63, 3.8) is 0 Å². The number of benzene rings is 1. The fraction of sp³-hybridized carbons (Fsp3) is 0.182. The molecule has 3 N–H and O–H groups in total. The van der Waals surface area contributed by atoms with Crippen molar-refractivity contribution in [3.05, 3.63) is 35.2 Å². The van der Waals surface area contributed by atoms with E-state index in [1.165, 1.54) is 6.07 Å². The predicted molar refractivity (Wildman–Crippen MR) is 61.9 cm³/mol. The number of nitrogens with one attached hydrogen (secondary N) is 2. The van der Waals surface area contributed by atoms with Crippen molar-refractivity contribution < 1.29 is 9.90 Å². The highest BCUT2D eigenvalue weighted by molar-refractivity contribution is 6.05. The summed E-state index contributed by atoms with van der Waals surface area (Å²) in [6.07, 6.45) is 0. The molecule has 0 fully saturated rings. The number of phenols is 1. The average molecular weight is 232 g/mol. The first kappa shape index (κ1) is 11.1. The smallest absolute Gasteiger partial charge is 0.261 e. The van der Waals surface area contributed by atoms with Gasteiger partial charge in [-0.15, -0.1) is 5.10 Å². The number of anilines is 1. The van der Waals surface area contributed by atoms with Crippen LogP contribution in [0.5, 0.6) is 5.75 Å². The number of aryl methyl sites for hydroxylation is 2. The second-order valence-corrected chi connectivity index (χ2v) is 3.72. The summed E-state index contributed by atoms with van der Waals surface area (Å²) in [6, 6.07) is 4.81. The van der Waals surface area contributed by atoms with E-state index in [1.807, 2.05) is 6.92 Å². The number of H-pyrrole nitrogens is 1. The van der Waals surface area contributed by atoms with Gasteiger partial charge in [0, 0.05) is 0 Å². The number of carbonyl (C=O) groups excluding carboxylic acids is 1. The molecule has 0 aliphatic rings. The van der Waals surface area contributed by atoms with Crippen molar-refractivity contribution in [1.29, 1.82) is 0 Å². The molecule has 6 heteroatoms. The van der Waals surface area contributed by atoms with Gasteiger partial charge in [-0.1, -0.05) is 11.6 Å². The monoisotopic (exact) mass is 232 g/mol. The lowest BCUT2D eigenvalue weighted by Crippen LogP contribution is -2.13. The Morgan fingerprint density at radius 1 is 1.41 bits per heavy atom. The molecular formula is C11H12N4O2. The molecule has 0 saturated heterocycles. The quantitative estimate of drug-likeness (QED) is 0.729. The zero-order valence-electron chi connectivity index (χ0n) is 9.48. The molecule has 0 spiro atoms. The van der Waals surface area contributed by atoms with Crippen molar-refractivity contribution in [3.8, 4) is 5.75 Å². The average Bonchev–Trinajstić information content (AvgIpc) is 2.67. The summed E-state index contributed by atoms with van der Waals surface area (Å²) in [7, 11) is 0. The lowest BCUT2D eigenvalue weighted by Gasteiger charge is -2.04. The third-order valence-corrected chi connectivity index (χ3v) is 2.22. The Morgan fingerprint density at radius 2 is 2.18 bits per heavy atom. The Morgan fingerprint density at radius 3 is 2.82 bits per heavy atom. The Balaban J connectivity index is 2.22. The van der Waals surface area contributed by atoms with Crippen molar-refractivity contribution in [2.45, 2.75) is 13.8 Å². The van der Waals surface area contributed by atoms with Crippen LogP contribution < -0.4 is 5.32 Å². The van der Waals surface area contributed by atoms with Crippen molar-refractivity contribution in [2.24, 2.45) is 0 Å². The molecule has 0 aliphatic heterocycles. The summed E-state index contributed by atoms with van der Waals surface area (Å²) < 4.78 is 0. The minimum atomic E-state index is -0.440. The van der Waals surface area contributed by atoms with E-state index in [-0.39, 0.29) is 17.3 Å². The van der Waals surface area contributed by atoms with Crippen LogP contribution in [0.25, 0.3) is 0 Å². The largest absolute Gasteiger partial charge is 0.507 e. The van der Waals surface area contributed by atoms with Gasteiger partial charge in [0.25, 0.3) is 5.91 Å². The van der Waals surface area contributed by atoms with Crippen molar-refractivity contribution in [2.75, 3.05) is 5.32 Å². The standard InChI is InChI=1S/C11H12N4O2/c1-6-3-4-9(16)8(5-6)10(17)13-11-12-7(2)14-15-11/h3-5,16H,1-2H3,(H2,12,13,14,15,17). The zero-order chi connectivity index (χ0) is 12.4. The van der Waals surface area contributed by atoms with E-state index in [0.29, 0.717) is 5.82 Å². The molecule has 2 rings (SSSR count). The van der Waals surface area contributed by atoms with E-state index in [9.17, 15) is 9.90 Å². The third-order valence-electron chi connectivity index (χ3n) is 2.22. The fourth-order valence-corrected chi connectivity index (χ4v) is 1.40. The predicted octanol–water partition coefficient (Wildman–Crippen LogP) is 1.38. The molecule has 0 bridgehead atoms. The van der Waals surface area contributed by atoms with E-state index >= 15 is 0 Å². The second-order valence-electron chi connectivity index (χ2n) is 3.72. The van der Waals surface area contributed by atoms with Crippen LogP contribution in [0.2, 0.25) is 0 Å². The molecule has 1 heterocycles. The molecule has 2 aromatic rings. The summed E-state index contributed by atoms with van der Waals surface area (Å²) in [6.45, 7) is 3.57. The summed E-state index contributed by atoms with van der Waals surface area (Å²) in [5, 5.41) is 18.5. The van der Waals surface area contributed by atoms with Crippen LogP contribution in [-0.4, -0.2) is 26.2 Å². The summed E-state index contributed by atoms with van der Waals surface area (Å²) in [4.78, 5) is 15.8. The number of aromatic nitrogens is 3. The van der Waals surface area contributed by atoms with E-state index in [1.54, 1.807) is 19.1 Å². The number of phenolic OH excluding ortho intramolecular Hbond substituents is 1. The Labute approximate surface area is 97.7 Å². The fourth-order valence-electron chi connectivity index (χ4n) is 1.40. The normalized spacial score (nSPS) is 10.2. The van der Waals surface area contributed by atoms with Crippen LogP contribution >= 0.6 is 0 Å². The van der Waals surface area contributed by atoms with Gasteiger partial charge in [-0.05, 0) is 26.0 Å². The molecule has 0 unspecified atom stereocenters. The molecule has 6 nitrogen and oxygen atoms in total. The highest BCUT2D eigenvalue weighted by Crippen LogP contribution is 2.18. The topological polar surface area (TPSA) is 90.9 Å². The molecule has 0 atom stereocenters. The summed E-state index contributed by atoms with van der Waals surface area (Å²) in [5.41, 5.74) is 1.09. The van der Waals surface area contributed by atoms with Gasteiger partial charge in [-0.25, -0.2) is 0 Å². The molecule has 17 heavy (non-hydrogen) atoms. The number of hydrogen-bond donors (Lipinski definition) is 3.